The van der Waals surface area contributed by atoms with E-state index in [2.05, 4.69) is 5.32 Å². The third kappa shape index (κ3) is 3.95. The van der Waals surface area contributed by atoms with Gasteiger partial charge in [0.05, 0.1) is 26.4 Å². The van der Waals surface area contributed by atoms with Gasteiger partial charge in [-0.05, 0) is 36.8 Å². The van der Waals surface area contributed by atoms with Gasteiger partial charge in [-0.1, -0.05) is 18.2 Å². The highest BCUT2D eigenvalue weighted by Gasteiger charge is 2.15. The molecule has 0 radical (unpaired) electrons. The van der Waals surface area contributed by atoms with Crippen LogP contribution in [0.1, 0.15) is 30.4 Å². The minimum atomic E-state index is -0.684. The van der Waals surface area contributed by atoms with E-state index in [0.29, 0.717) is 18.0 Å². The third-order valence-corrected chi connectivity index (χ3v) is 4.25. The van der Waals surface area contributed by atoms with Crippen molar-refractivity contribution < 1.29 is 19.0 Å². The summed E-state index contributed by atoms with van der Waals surface area (Å²) in [5, 5.41) is 14.9. The first-order valence-electron chi connectivity index (χ1n) is 8.23. The Labute approximate surface area is 147 Å². The summed E-state index contributed by atoms with van der Waals surface area (Å²) in [5.74, 6) is 2.15. The number of hydrogen-bond donors (Lipinski definition) is 2. The lowest BCUT2D eigenvalue weighted by molar-refractivity contribution is 0.168. The molecule has 0 saturated heterocycles. The second-order valence-electron chi connectivity index (χ2n) is 5.98. The number of ether oxygens (including phenoxy) is 2. The lowest BCUT2D eigenvalue weighted by atomic mass is 10.1. The molecule has 5 nitrogen and oxygen atoms in total. The second-order valence-corrected chi connectivity index (χ2v) is 5.98. The summed E-state index contributed by atoms with van der Waals surface area (Å²) in [6.07, 6.45) is -0.684. The molecule has 0 aliphatic heterocycles. The molecule has 3 aromatic rings. The van der Waals surface area contributed by atoms with Gasteiger partial charge in [0.1, 0.15) is 22.8 Å². The number of aliphatic hydroxyl groups excluding tert-OH is 1. The lowest BCUT2D eigenvalue weighted by Crippen LogP contribution is -2.24. The Balaban J connectivity index is 1.68. The molecule has 0 aliphatic rings. The van der Waals surface area contributed by atoms with Gasteiger partial charge < -0.3 is 24.3 Å². The van der Waals surface area contributed by atoms with Gasteiger partial charge in [-0.25, -0.2) is 0 Å². The van der Waals surface area contributed by atoms with Crippen LogP contribution in [-0.4, -0.2) is 25.9 Å². The molecule has 132 valence electrons. The van der Waals surface area contributed by atoms with E-state index < -0.39 is 6.10 Å². The molecule has 0 aliphatic carbocycles. The fourth-order valence-corrected chi connectivity index (χ4v) is 2.74. The maximum Gasteiger partial charge on any atom is 0.134 e. The van der Waals surface area contributed by atoms with Crippen LogP contribution in [0.25, 0.3) is 11.0 Å². The Bertz CT molecular complexity index is 787. The summed E-state index contributed by atoms with van der Waals surface area (Å²) in [5.41, 5.74) is 1.60. The molecule has 5 heteroatoms. The minimum absolute atomic E-state index is 0.0189. The number of fused-ring (bicyclic) bond motifs is 1. The average Bonchev–Trinajstić information content (AvgIpc) is 3.09. The molecule has 0 fully saturated rings. The van der Waals surface area contributed by atoms with Crippen molar-refractivity contribution in [1.82, 2.24) is 5.32 Å². The predicted molar refractivity (Wildman–Crippen MR) is 97.1 cm³/mol. The van der Waals surface area contributed by atoms with Crippen LogP contribution in [0, 0.1) is 0 Å². The first-order chi connectivity index (χ1) is 12.1. The molecule has 2 N–H and O–H groups in total. The zero-order valence-corrected chi connectivity index (χ0v) is 14.7. The molecule has 1 heterocycles. The Morgan fingerprint density at radius 2 is 1.72 bits per heavy atom. The van der Waals surface area contributed by atoms with E-state index in [-0.39, 0.29) is 6.04 Å². The molecule has 0 saturated carbocycles. The van der Waals surface area contributed by atoms with Crippen molar-refractivity contribution in [1.29, 1.82) is 0 Å². The highest BCUT2D eigenvalue weighted by molar-refractivity contribution is 5.77. The summed E-state index contributed by atoms with van der Waals surface area (Å²) >= 11 is 0. The third-order valence-electron chi connectivity index (χ3n) is 4.25. The topological polar surface area (TPSA) is 63.9 Å². The van der Waals surface area contributed by atoms with Crippen LogP contribution in [0.3, 0.4) is 0 Å². The lowest BCUT2D eigenvalue weighted by Gasteiger charge is -2.17. The van der Waals surface area contributed by atoms with Crippen LogP contribution in [0.15, 0.2) is 52.9 Å². The maximum atomic E-state index is 10.5. The van der Waals surface area contributed by atoms with Crippen molar-refractivity contribution in [3.63, 3.8) is 0 Å². The fourth-order valence-electron chi connectivity index (χ4n) is 2.74. The number of furan rings is 1. The maximum absolute atomic E-state index is 10.5. The first-order valence-corrected chi connectivity index (χ1v) is 8.23. The SMILES string of the molecule is COc1cc(OC)cc(C(O)CNC(C)c2cc3ccccc3o2)c1. The molecule has 0 spiro atoms. The predicted octanol–water partition coefficient (Wildman–Crippen LogP) is 3.83. The van der Waals surface area contributed by atoms with Gasteiger partial charge in [0.15, 0.2) is 0 Å². The van der Waals surface area contributed by atoms with E-state index in [1.54, 1.807) is 32.4 Å². The average molecular weight is 341 g/mol. The van der Waals surface area contributed by atoms with Crippen molar-refractivity contribution in [2.45, 2.75) is 19.1 Å². The molecule has 0 bridgehead atoms. The molecule has 2 unspecified atom stereocenters. The summed E-state index contributed by atoms with van der Waals surface area (Å²) in [6, 6.07) is 15.3. The van der Waals surface area contributed by atoms with Gasteiger partial charge in [0.25, 0.3) is 0 Å². The van der Waals surface area contributed by atoms with E-state index in [1.165, 1.54) is 0 Å². The number of benzene rings is 2. The zero-order valence-electron chi connectivity index (χ0n) is 14.7. The highest BCUT2D eigenvalue weighted by atomic mass is 16.5. The van der Waals surface area contributed by atoms with Gasteiger partial charge in [-0.2, -0.15) is 0 Å². The van der Waals surface area contributed by atoms with Crippen molar-refractivity contribution in [2.75, 3.05) is 20.8 Å². The molecule has 3 rings (SSSR count). The van der Waals surface area contributed by atoms with E-state index in [1.807, 2.05) is 37.3 Å². The Kier molecular flexibility index (Phi) is 5.26. The first kappa shape index (κ1) is 17.3. The van der Waals surface area contributed by atoms with E-state index >= 15 is 0 Å². The molecule has 1 aromatic heterocycles. The molecule has 25 heavy (non-hydrogen) atoms. The number of rotatable bonds is 7. The molecule has 2 aromatic carbocycles. The van der Waals surface area contributed by atoms with Crippen molar-refractivity contribution in [3.8, 4) is 11.5 Å². The van der Waals surface area contributed by atoms with Gasteiger partial charge >= 0.3 is 0 Å². The number of aliphatic hydroxyl groups is 1. The molecular formula is C20H23NO4. The van der Waals surface area contributed by atoms with Crippen molar-refractivity contribution in [3.05, 3.63) is 59.9 Å². The Morgan fingerprint density at radius 1 is 1.04 bits per heavy atom. The van der Waals surface area contributed by atoms with Crippen LogP contribution in [0.2, 0.25) is 0 Å². The number of nitrogens with one attached hydrogen (secondary N) is 1. The fraction of sp³-hybridized carbons (Fsp3) is 0.300. The van der Waals surface area contributed by atoms with Crippen LogP contribution < -0.4 is 14.8 Å². The summed E-state index contributed by atoms with van der Waals surface area (Å²) < 4.78 is 16.4. The van der Waals surface area contributed by atoms with Crippen molar-refractivity contribution >= 4 is 11.0 Å². The summed E-state index contributed by atoms with van der Waals surface area (Å²) in [4.78, 5) is 0. The minimum Gasteiger partial charge on any atom is -0.497 e. The van der Waals surface area contributed by atoms with Gasteiger partial charge in [0, 0.05) is 18.0 Å². The smallest absolute Gasteiger partial charge is 0.134 e. The second kappa shape index (κ2) is 7.59. The summed E-state index contributed by atoms with van der Waals surface area (Å²) in [6.45, 7) is 2.39. The zero-order chi connectivity index (χ0) is 17.8. The number of para-hydroxylation sites is 1. The number of hydrogen-bond acceptors (Lipinski definition) is 5. The van der Waals surface area contributed by atoms with E-state index in [0.717, 1.165) is 22.3 Å². The monoisotopic (exact) mass is 341 g/mol. The largest absolute Gasteiger partial charge is 0.497 e. The Hall–Kier alpha value is -2.50. The van der Waals surface area contributed by atoms with Gasteiger partial charge in [-0.15, -0.1) is 0 Å². The van der Waals surface area contributed by atoms with Crippen molar-refractivity contribution in [2.24, 2.45) is 0 Å². The highest BCUT2D eigenvalue weighted by Crippen LogP contribution is 2.27. The van der Waals surface area contributed by atoms with E-state index in [4.69, 9.17) is 13.9 Å². The Morgan fingerprint density at radius 3 is 2.36 bits per heavy atom. The molecule has 2 atom stereocenters. The standard InChI is InChI=1S/C20H23NO4/c1-13(20-10-14-6-4-5-7-19(14)25-20)21-12-18(22)15-8-16(23-2)11-17(9-15)24-3/h4-11,13,18,21-22H,12H2,1-3H3. The van der Waals surface area contributed by atoms with Crippen LogP contribution in [0.4, 0.5) is 0 Å². The van der Waals surface area contributed by atoms with E-state index in [9.17, 15) is 5.11 Å². The molecule has 0 amide bonds. The number of methoxy groups -OCH3 is 2. The van der Waals surface area contributed by atoms with Crippen LogP contribution >= 0.6 is 0 Å². The quantitative estimate of drug-likeness (QED) is 0.684. The van der Waals surface area contributed by atoms with Gasteiger partial charge in [-0.3, -0.25) is 0 Å². The normalized spacial score (nSPS) is 13.6. The summed E-state index contributed by atoms with van der Waals surface area (Å²) in [7, 11) is 3.18. The van der Waals surface area contributed by atoms with Crippen LogP contribution in [-0.2, 0) is 0 Å². The molecular weight excluding hydrogens is 318 g/mol. The van der Waals surface area contributed by atoms with Gasteiger partial charge in [0.2, 0.25) is 0 Å². The van der Waals surface area contributed by atoms with Crippen LogP contribution in [0.5, 0.6) is 11.5 Å².